The minimum Gasteiger partial charge on any atom is -0.394 e. The maximum Gasteiger partial charge on any atom is 0.316 e. The average molecular weight is 254 g/mol. The van der Waals surface area contributed by atoms with Gasteiger partial charge < -0.3 is 15.8 Å². The van der Waals surface area contributed by atoms with Gasteiger partial charge in [0.2, 0.25) is 0 Å². The van der Waals surface area contributed by atoms with E-state index in [1.165, 1.54) is 6.07 Å². The molecule has 0 aliphatic rings. The van der Waals surface area contributed by atoms with Crippen LogP contribution in [0.15, 0.2) is 18.2 Å². The van der Waals surface area contributed by atoms with E-state index in [-0.39, 0.29) is 29.9 Å². The van der Waals surface area contributed by atoms with Crippen molar-refractivity contribution in [3.8, 4) is 0 Å². The number of aliphatic hydroxyl groups excluding tert-OH is 1. The topological polar surface area (TPSA) is 113 Å². The Bertz CT molecular complexity index is 423. The van der Waals surface area contributed by atoms with Gasteiger partial charge >= 0.3 is 5.69 Å². The molecule has 0 saturated carbocycles. The van der Waals surface area contributed by atoms with E-state index in [0.29, 0.717) is 5.69 Å². The Morgan fingerprint density at radius 1 is 1.44 bits per heavy atom. The number of hydrogen-bond donors (Lipinski definition) is 4. The second-order valence-electron chi connectivity index (χ2n) is 4.28. The minimum atomic E-state index is -0.508. The molecule has 100 valence electrons. The maximum absolute atomic E-state index is 11.0. The third-order valence-electron chi connectivity index (χ3n) is 2.72. The fourth-order valence-electron chi connectivity index (χ4n) is 1.60. The van der Waals surface area contributed by atoms with Crippen molar-refractivity contribution in [3.05, 3.63) is 28.3 Å². The van der Waals surface area contributed by atoms with Crippen molar-refractivity contribution in [2.75, 3.05) is 17.3 Å². The Morgan fingerprint density at radius 2 is 2.06 bits per heavy atom. The van der Waals surface area contributed by atoms with Gasteiger partial charge in [0, 0.05) is 0 Å². The number of rotatable bonds is 6. The number of nitrogens with two attached hydrogens (primary N) is 1. The summed E-state index contributed by atoms with van der Waals surface area (Å²) in [5, 5.41) is 23.3. The van der Waals surface area contributed by atoms with Gasteiger partial charge in [0.25, 0.3) is 0 Å². The number of anilines is 2. The first kappa shape index (κ1) is 14.2. The smallest absolute Gasteiger partial charge is 0.316 e. The molecule has 0 heterocycles. The predicted molar refractivity (Wildman–Crippen MR) is 70.2 cm³/mol. The molecule has 7 nitrogen and oxygen atoms in total. The molecule has 1 unspecified atom stereocenters. The molecule has 0 aliphatic carbocycles. The summed E-state index contributed by atoms with van der Waals surface area (Å²) in [5.41, 5.74) is 2.73. The predicted octanol–water partition coefficient (Wildman–Crippen LogP) is 1.31. The molecule has 0 fully saturated rings. The van der Waals surface area contributed by atoms with Crippen molar-refractivity contribution >= 4 is 17.1 Å². The zero-order valence-corrected chi connectivity index (χ0v) is 10.4. The van der Waals surface area contributed by atoms with E-state index in [0.717, 1.165) is 0 Å². The highest BCUT2D eigenvalue weighted by Crippen LogP contribution is 2.33. The van der Waals surface area contributed by atoms with E-state index in [1.807, 2.05) is 13.8 Å². The van der Waals surface area contributed by atoms with Crippen LogP contribution in [0, 0.1) is 16.0 Å². The van der Waals surface area contributed by atoms with Crippen molar-refractivity contribution in [3.63, 3.8) is 0 Å². The van der Waals surface area contributed by atoms with Crippen LogP contribution in [0.1, 0.15) is 13.8 Å². The fourth-order valence-corrected chi connectivity index (χ4v) is 1.60. The molecule has 7 heteroatoms. The number of nitro groups is 1. The molecule has 0 aliphatic heterocycles. The van der Waals surface area contributed by atoms with Crippen molar-refractivity contribution in [2.45, 2.75) is 19.9 Å². The van der Waals surface area contributed by atoms with Crippen LogP contribution >= 0.6 is 0 Å². The maximum atomic E-state index is 11.0. The summed E-state index contributed by atoms with van der Waals surface area (Å²) in [6, 6.07) is 4.51. The van der Waals surface area contributed by atoms with Crippen molar-refractivity contribution in [1.29, 1.82) is 0 Å². The number of nitro benzene ring substituents is 1. The summed E-state index contributed by atoms with van der Waals surface area (Å²) in [6.07, 6.45) is 0. The Hall–Kier alpha value is -1.86. The lowest BCUT2D eigenvalue weighted by Crippen LogP contribution is -2.29. The van der Waals surface area contributed by atoms with Crippen LogP contribution in [0.5, 0.6) is 0 Å². The molecule has 0 aromatic heterocycles. The van der Waals surface area contributed by atoms with Crippen LogP contribution in [0.2, 0.25) is 0 Å². The molecule has 5 N–H and O–H groups in total. The van der Waals surface area contributed by atoms with Crippen LogP contribution in [-0.4, -0.2) is 22.7 Å². The molecule has 18 heavy (non-hydrogen) atoms. The SMILES string of the molecule is CC(C)C(CO)Nc1cccc(NN)c1[N+](=O)[O-]. The third-order valence-corrected chi connectivity index (χ3v) is 2.72. The van der Waals surface area contributed by atoms with Crippen LogP contribution < -0.4 is 16.6 Å². The van der Waals surface area contributed by atoms with Crippen molar-refractivity contribution < 1.29 is 10.0 Å². The highest BCUT2D eigenvalue weighted by Gasteiger charge is 2.22. The molecule has 1 aromatic rings. The lowest BCUT2D eigenvalue weighted by atomic mass is 10.0. The fraction of sp³-hybridized carbons (Fsp3) is 0.455. The third kappa shape index (κ3) is 3.08. The van der Waals surface area contributed by atoms with E-state index in [9.17, 15) is 15.2 Å². The van der Waals surface area contributed by atoms with Crippen LogP contribution in [-0.2, 0) is 0 Å². The van der Waals surface area contributed by atoms with Gasteiger partial charge in [0.15, 0.2) is 0 Å². The Morgan fingerprint density at radius 3 is 2.50 bits per heavy atom. The van der Waals surface area contributed by atoms with Gasteiger partial charge in [-0.15, -0.1) is 0 Å². The zero-order valence-electron chi connectivity index (χ0n) is 10.4. The number of hydrogen-bond acceptors (Lipinski definition) is 6. The summed E-state index contributed by atoms with van der Waals surface area (Å²) in [4.78, 5) is 10.5. The second-order valence-corrected chi connectivity index (χ2v) is 4.28. The first-order chi connectivity index (χ1) is 8.51. The summed E-state index contributed by atoms with van der Waals surface area (Å²) in [5.74, 6) is 5.39. The van der Waals surface area contributed by atoms with Gasteiger partial charge in [-0.2, -0.15) is 0 Å². The molecular weight excluding hydrogens is 236 g/mol. The number of benzene rings is 1. The first-order valence-corrected chi connectivity index (χ1v) is 5.62. The van der Waals surface area contributed by atoms with Gasteiger partial charge in [-0.3, -0.25) is 16.0 Å². The molecule has 0 radical (unpaired) electrons. The molecule has 0 bridgehead atoms. The van der Waals surface area contributed by atoms with Gasteiger partial charge in [0.1, 0.15) is 11.4 Å². The van der Waals surface area contributed by atoms with Crippen LogP contribution in [0.4, 0.5) is 17.1 Å². The molecule has 0 spiro atoms. The summed E-state index contributed by atoms with van der Waals surface area (Å²) in [6.45, 7) is 3.74. The summed E-state index contributed by atoms with van der Waals surface area (Å²) in [7, 11) is 0. The molecule has 0 amide bonds. The molecule has 0 saturated heterocycles. The first-order valence-electron chi connectivity index (χ1n) is 5.62. The number of aliphatic hydroxyl groups is 1. The van der Waals surface area contributed by atoms with Gasteiger partial charge in [-0.25, -0.2) is 0 Å². The molecule has 1 aromatic carbocycles. The van der Waals surface area contributed by atoms with Crippen molar-refractivity contribution in [2.24, 2.45) is 11.8 Å². The zero-order chi connectivity index (χ0) is 13.7. The number of nitrogens with zero attached hydrogens (tertiary/aromatic N) is 1. The van der Waals surface area contributed by atoms with Gasteiger partial charge in [-0.1, -0.05) is 19.9 Å². The van der Waals surface area contributed by atoms with E-state index < -0.39 is 4.92 Å². The quantitative estimate of drug-likeness (QED) is 0.346. The van der Waals surface area contributed by atoms with Crippen molar-refractivity contribution in [1.82, 2.24) is 0 Å². The highest BCUT2D eigenvalue weighted by molar-refractivity contribution is 5.76. The van der Waals surface area contributed by atoms with E-state index >= 15 is 0 Å². The summed E-state index contributed by atoms with van der Waals surface area (Å²) < 4.78 is 0. The lowest BCUT2D eigenvalue weighted by Gasteiger charge is -2.21. The average Bonchev–Trinajstić information content (AvgIpc) is 2.34. The second kappa shape index (κ2) is 6.18. The highest BCUT2D eigenvalue weighted by atomic mass is 16.6. The van der Waals surface area contributed by atoms with E-state index in [4.69, 9.17) is 5.84 Å². The normalized spacial score (nSPS) is 12.3. The standard InChI is InChI=1S/C11H18N4O3/c1-7(2)10(6-16)13-8-4-3-5-9(14-12)11(8)15(17)18/h3-5,7,10,13-14,16H,6,12H2,1-2H3. The lowest BCUT2D eigenvalue weighted by molar-refractivity contribution is -0.383. The van der Waals surface area contributed by atoms with E-state index in [2.05, 4.69) is 10.7 Å². The van der Waals surface area contributed by atoms with E-state index in [1.54, 1.807) is 12.1 Å². The Balaban J connectivity index is 3.12. The van der Waals surface area contributed by atoms with Crippen LogP contribution in [0.25, 0.3) is 0 Å². The number of hydrazine groups is 1. The van der Waals surface area contributed by atoms with Gasteiger partial charge in [0.05, 0.1) is 17.6 Å². The van der Waals surface area contributed by atoms with Crippen LogP contribution in [0.3, 0.4) is 0 Å². The minimum absolute atomic E-state index is 0.102. The molecule has 1 rings (SSSR count). The number of nitrogens with one attached hydrogen (secondary N) is 2. The molecule has 1 atom stereocenters. The largest absolute Gasteiger partial charge is 0.394 e. The Labute approximate surface area is 105 Å². The van der Waals surface area contributed by atoms with Gasteiger partial charge in [-0.05, 0) is 18.1 Å². The monoisotopic (exact) mass is 254 g/mol. The number of nitrogen functional groups attached to an aromatic ring is 1. The summed E-state index contributed by atoms with van der Waals surface area (Å²) >= 11 is 0. The molecular formula is C11H18N4O3. The number of para-hydroxylation sites is 1. The Kier molecular flexibility index (Phi) is 4.87.